The molecule has 1 fully saturated rings. The predicted octanol–water partition coefficient (Wildman–Crippen LogP) is 3.70. The van der Waals surface area contributed by atoms with Crippen molar-refractivity contribution in [2.75, 3.05) is 13.1 Å². The van der Waals surface area contributed by atoms with Crippen LogP contribution in [0, 0.1) is 0 Å². The van der Waals surface area contributed by atoms with Crippen molar-refractivity contribution in [3.05, 3.63) is 82.8 Å². The average Bonchev–Trinajstić information content (AvgIpc) is 2.79. The molecule has 0 saturated carbocycles. The summed E-state index contributed by atoms with van der Waals surface area (Å²) in [6.45, 7) is 0.444. The Kier molecular flexibility index (Phi) is 6.26. The summed E-state index contributed by atoms with van der Waals surface area (Å²) in [5.74, 6) is -0.519. The molecule has 1 aliphatic heterocycles. The Morgan fingerprint density at radius 1 is 0.909 bits per heavy atom. The van der Waals surface area contributed by atoms with Gasteiger partial charge in [-0.2, -0.15) is 14.1 Å². The number of hydrogen-bond acceptors (Lipinski definition) is 5. The van der Waals surface area contributed by atoms with Gasteiger partial charge >= 0.3 is 6.36 Å². The van der Waals surface area contributed by atoms with E-state index >= 15 is 0 Å². The molecule has 1 saturated heterocycles. The summed E-state index contributed by atoms with van der Waals surface area (Å²) < 4.78 is 69.2. The summed E-state index contributed by atoms with van der Waals surface area (Å²) in [7, 11) is -3.87. The fourth-order valence-corrected chi connectivity index (χ4v) is 5.22. The molecular formula is C22H20F3N3O4S. The predicted molar refractivity (Wildman–Crippen MR) is 114 cm³/mol. The second kappa shape index (κ2) is 8.99. The zero-order valence-corrected chi connectivity index (χ0v) is 18.1. The molecule has 2 heterocycles. The monoisotopic (exact) mass is 479 g/mol. The molecule has 0 amide bonds. The Labute approximate surface area is 188 Å². The minimum atomic E-state index is -4.85. The van der Waals surface area contributed by atoms with E-state index in [2.05, 4.69) is 9.84 Å². The van der Waals surface area contributed by atoms with Crippen LogP contribution < -0.4 is 10.3 Å². The molecule has 2 aromatic carbocycles. The molecule has 11 heteroatoms. The van der Waals surface area contributed by atoms with Crippen LogP contribution in [-0.4, -0.2) is 42.0 Å². The number of halogens is 3. The lowest BCUT2D eigenvalue weighted by Gasteiger charge is -2.31. The Hall–Kier alpha value is -3.18. The van der Waals surface area contributed by atoms with E-state index in [1.807, 2.05) is 6.07 Å². The molecule has 0 radical (unpaired) electrons. The van der Waals surface area contributed by atoms with Gasteiger partial charge in [0.1, 0.15) is 5.75 Å². The standard InChI is InChI=1S/C22H20F3N3O4S/c23-22(24,25)32-18-6-8-19(9-7-18)33(30,31)27-14-12-16(13-15-27)20-10-11-21(29)28(26-20)17-4-2-1-3-5-17/h1-11,16H,12-15H2. The second-order valence-corrected chi connectivity index (χ2v) is 9.48. The van der Waals surface area contributed by atoms with Gasteiger partial charge in [-0.1, -0.05) is 18.2 Å². The largest absolute Gasteiger partial charge is 0.573 e. The summed E-state index contributed by atoms with van der Waals surface area (Å²) in [6, 6.07) is 16.3. The molecule has 7 nitrogen and oxygen atoms in total. The van der Waals surface area contributed by atoms with Crippen LogP contribution in [0.2, 0.25) is 0 Å². The smallest absolute Gasteiger partial charge is 0.406 e. The summed E-state index contributed by atoms with van der Waals surface area (Å²) in [4.78, 5) is 12.1. The van der Waals surface area contributed by atoms with Crippen molar-refractivity contribution in [3.8, 4) is 11.4 Å². The summed E-state index contributed by atoms with van der Waals surface area (Å²) in [5.41, 5.74) is 1.08. The third kappa shape index (κ3) is 5.25. The van der Waals surface area contributed by atoms with Crippen LogP contribution >= 0.6 is 0 Å². The highest BCUT2D eigenvalue weighted by atomic mass is 32.2. The number of para-hydroxylation sites is 1. The number of aromatic nitrogens is 2. The quantitative estimate of drug-likeness (QED) is 0.558. The SMILES string of the molecule is O=c1ccc(C2CCN(S(=O)(=O)c3ccc(OC(F)(F)F)cc3)CC2)nn1-c1ccccc1. The number of rotatable bonds is 5. The molecule has 0 atom stereocenters. The zero-order valence-electron chi connectivity index (χ0n) is 17.3. The van der Waals surface area contributed by atoms with Crippen molar-refractivity contribution in [3.63, 3.8) is 0 Å². The lowest BCUT2D eigenvalue weighted by atomic mass is 9.94. The molecule has 0 bridgehead atoms. The summed E-state index contributed by atoms with van der Waals surface area (Å²) in [5, 5.41) is 4.48. The maximum Gasteiger partial charge on any atom is 0.573 e. The Balaban J connectivity index is 1.46. The normalized spacial score (nSPS) is 16.0. The first-order valence-electron chi connectivity index (χ1n) is 10.2. The fourth-order valence-electron chi connectivity index (χ4n) is 3.75. The molecular weight excluding hydrogens is 459 g/mol. The van der Waals surface area contributed by atoms with Crippen LogP contribution in [0.5, 0.6) is 5.75 Å². The first kappa shape index (κ1) is 23.0. The molecule has 1 aromatic heterocycles. The highest BCUT2D eigenvalue weighted by Gasteiger charge is 2.33. The lowest BCUT2D eigenvalue weighted by Crippen LogP contribution is -2.38. The van der Waals surface area contributed by atoms with Crippen molar-refractivity contribution in [1.29, 1.82) is 0 Å². The topological polar surface area (TPSA) is 81.5 Å². The van der Waals surface area contributed by atoms with Crippen molar-refractivity contribution in [2.45, 2.75) is 30.0 Å². The Morgan fingerprint density at radius 3 is 2.15 bits per heavy atom. The van der Waals surface area contributed by atoms with Crippen LogP contribution in [0.4, 0.5) is 13.2 Å². The number of nitrogens with zero attached hydrogens (tertiary/aromatic N) is 3. The van der Waals surface area contributed by atoms with E-state index < -0.39 is 22.1 Å². The molecule has 0 spiro atoms. The van der Waals surface area contributed by atoms with Gasteiger partial charge in [-0.15, -0.1) is 13.2 Å². The molecule has 0 unspecified atom stereocenters. The van der Waals surface area contributed by atoms with E-state index in [1.54, 1.807) is 30.3 Å². The number of benzene rings is 2. The molecule has 0 aliphatic carbocycles. The van der Waals surface area contributed by atoms with Gasteiger partial charge in [0.15, 0.2) is 0 Å². The van der Waals surface area contributed by atoms with Crippen LogP contribution in [0.3, 0.4) is 0 Å². The van der Waals surface area contributed by atoms with Crippen molar-refractivity contribution >= 4 is 10.0 Å². The van der Waals surface area contributed by atoms with E-state index in [0.717, 1.165) is 24.3 Å². The van der Waals surface area contributed by atoms with Crippen LogP contribution in [0.25, 0.3) is 5.69 Å². The van der Waals surface area contributed by atoms with Crippen LogP contribution in [0.15, 0.2) is 76.4 Å². The summed E-state index contributed by atoms with van der Waals surface area (Å²) >= 11 is 0. The first-order valence-corrected chi connectivity index (χ1v) is 11.6. The lowest BCUT2D eigenvalue weighted by molar-refractivity contribution is -0.274. The van der Waals surface area contributed by atoms with Gasteiger partial charge in [0.05, 0.1) is 16.3 Å². The maximum atomic E-state index is 12.9. The van der Waals surface area contributed by atoms with Crippen molar-refractivity contribution in [2.24, 2.45) is 0 Å². The number of sulfonamides is 1. The second-order valence-electron chi connectivity index (χ2n) is 7.54. The van der Waals surface area contributed by atoms with Crippen LogP contribution in [-0.2, 0) is 10.0 Å². The minimum absolute atomic E-state index is 0.0328. The van der Waals surface area contributed by atoms with Gasteiger partial charge in [-0.3, -0.25) is 4.79 Å². The molecule has 1 aliphatic rings. The van der Waals surface area contributed by atoms with Crippen molar-refractivity contribution in [1.82, 2.24) is 14.1 Å². The van der Waals surface area contributed by atoms with Gasteiger partial charge in [0.25, 0.3) is 5.56 Å². The van der Waals surface area contributed by atoms with Gasteiger partial charge in [-0.25, -0.2) is 8.42 Å². The Morgan fingerprint density at radius 2 is 1.55 bits per heavy atom. The maximum absolute atomic E-state index is 12.9. The average molecular weight is 479 g/mol. The third-order valence-corrected chi connectivity index (χ3v) is 7.30. The highest BCUT2D eigenvalue weighted by molar-refractivity contribution is 7.89. The van der Waals surface area contributed by atoms with E-state index in [-0.39, 0.29) is 29.5 Å². The zero-order chi connectivity index (χ0) is 23.6. The molecule has 3 aromatic rings. The minimum Gasteiger partial charge on any atom is -0.406 e. The Bertz CT molecular complexity index is 1270. The number of piperidine rings is 1. The third-order valence-electron chi connectivity index (χ3n) is 5.39. The number of ether oxygens (including phenoxy) is 1. The van der Waals surface area contributed by atoms with E-state index in [9.17, 15) is 26.4 Å². The van der Waals surface area contributed by atoms with E-state index in [1.165, 1.54) is 15.1 Å². The number of alkyl halides is 3. The molecule has 174 valence electrons. The van der Waals surface area contributed by atoms with E-state index in [0.29, 0.717) is 24.2 Å². The summed E-state index contributed by atoms with van der Waals surface area (Å²) in [6.07, 6.45) is -3.86. The fraction of sp³-hybridized carbons (Fsp3) is 0.273. The van der Waals surface area contributed by atoms with Gasteiger partial charge in [0.2, 0.25) is 10.0 Å². The van der Waals surface area contributed by atoms with E-state index in [4.69, 9.17) is 0 Å². The van der Waals surface area contributed by atoms with Gasteiger partial charge in [-0.05, 0) is 55.3 Å². The highest BCUT2D eigenvalue weighted by Crippen LogP contribution is 2.30. The first-order chi connectivity index (χ1) is 15.6. The van der Waals surface area contributed by atoms with Gasteiger partial charge in [0, 0.05) is 25.1 Å². The van der Waals surface area contributed by atoms with Crippen LogP contribution in [0.1, 0.15) is 24.5 Å². The molecule has 0 N–H and O–H groups in total. The number of hydrogen-bond donors (Lipinski definition) is 0. The molecule has 4 rings (SSSR count). The molecule has 33 heavy (non-hydrogen) atoms. The van der Waals surface area contributed by atoms with Crippen molar-refractivity contribution < 1.29 is 26.3 Å². The van der Waals surface area contributed by atoms with Gasteiger partial charge < -0.3 is 4.74 Å².